The van der Waals surface area contributed by atoms with Crippen molar-refractivity contribution in [3.63, 3.8) is 0 Å². The van der Waals surface area contributed by atoms with Gasteiger partial charge in [0.1, 0.15) is 5.75 Å². The highest BCUT2D eigenvalue weighted by atomic mass is 32.1. The average molecular weight is 959 g/mol. The minimum atomic E-state index is -1.27. The maximum atomic E-state index is 15.6. The number of imidazole rings is 1. The smallest absolute Gasteiger partial charge is 0.188 e. The molecule has 5 aromatic rings. The van der Waals surface area contributed by atoms with Crippen molar-refractivity contribution in [2.45, 2.75) is 89.0 Å². The lowest BCUT2D eigenvalue weighted by molar-refractivity contribution is -0.0214. The maximum absolute atomic E-state index is 15.6. The number of ketones is 1. The van der Waals surface area contributed by atoms with Crippen LogP contribution >= 0.6 is 22.7 Å². The number of benzene rings is 2. The molecule has 4 aliphatic carbocycles. The highest BCUT2D eigenvalue weighted by Gasteiger charge is 2.66. The normalized spacial score (nSPS) is 30.9. The average Bonchev–Trinajstić information content (AvgIpc) is 4.18. The van der Waals surface area contributed by atoms with Crippen molar-refractivity contribution in [2.24, 2.45) is 51.1 Å². The molecule has 2 aliphatic heterocycles. The molecule has 354 valence electrons. The van der Waals surface area contributed by atoms with E-state index in [2.05, 4.69) is 91.8 Å². The quantitative estimate of drug-likeness (QED) is 0.0257. The van der Waals surface area contributed by atoms with Gasteiger partial charge < -0.3 is 41.8 Å². The molecule has 69 heavy (non-hydrogen) atoms. The van der Waals surface area contributed by atoms with Gasteiger partial charge in [0.2, 0.25) is 0 Å². The van der Waals surface area contributed by atoms with Gasteiger partial charge in [-0.3, -0.25) is 9.79 Å². The molecule has 5 heterocycles. The monoisotopic (exact) mass is 958 g/mol. The number of anilines is 1. The number of nitrogens with two attached hydrogens (primary N) is 1. The van der Waals surface area contributed by atoms with Gasteiger partial charge in [-0.2, -0.15) is 0 Å². The second kappa shape index (κ2) is 17.5. The predicted octanol–water partition coefficient (Wildman–Crippen LogP) is 7.48. The molecule has 11 nitrogen and oxygen atoms in total. The fourth-order valence-corrected chi connectivity index (χ4v) is 15.5. The van der Waals surface area contributed by atoms with Crippen molar-refractivity contribution in [3.05, 3.63) is 128 Å². The standard InChI is InChI=1S/C56H58N6O5S2/c1-4-6-36-10-13-45(68-36)46-14-15-47(69-46)52(66)42-18-20-55-19-17-41-50(40(44(65)28-63)26-56(41,42)29-55)32-9-11-37-34(23-49(55)62-53(57)58-3)22-43(64)38-12-16-48(61-51(37)38)54(2,67)25-33-8-5-7-31(21-32)39(33)24-35-27-59-30-60-35/h5,7-8,10,12-17,19,22,27,30,32,40-42,44,48-50,61,63-65,67H,18,20-21,23-26,28-29H2,1-3H3,(H,59,60)(H3,57,58,62). The Kier molecular flexibility index (Phi) is 11.5. The number of aliphatic hydroxyl groups excluding tert-OH is 2. The summed E-state index contributed by atoms with van der Waals surface area (Å²) in [7, 11) is 1.66. The van der Waals surface area contributed by atoms with E-state index >= 15 is 4.79 Å². The Morgan fingerprint density at radius 2 is 1.94 bits per heavy atom. The summed E-state index contributed by atoms with van der Waals surface area (Å²) < 4.78 is 0. The highest BCUT2D eigenvalue weighted by Crippen LogP contribution is 2.70. The van der Waals surface area contributed by atoms with Crippen LogP contribution in [0.4, 0.5) is 5.69 Å². The Morgan fingerprint density at radius 3 is 2.74 bits per heavy atom. The van der Waals surface area contributed by atoms with Gasteiger partial charge in [-0.05, 0) is 128 Å². The molecular formula is C56H58N6O5S2. The minimum Gasteiger partial charge on any atom is -0.507 e. The van der Waals surface area contributed by atoms with Crippen molar-refractivity contribution in [1.29, 1.82) is 0 Å². The fourth-order valence-electron chi connectivity index (χ4n) is 13.5. The number of fused-ring (bicyclic) bond motifs is 5. The third-order valence-electron chi connectivity index (χ3n) is 16.7. The molecule has 0 saturated heterocycles. The van der Waals surface area contributed by atoms with Crippen LogP contribution in [0.25, 0.3) is 15.8 Å². The van der Waals surface area contributed by atoms with Gasteiger partial charge in [-0.1, -0.05) is 60.3 Å². The Morgan fingerprint density at radius 1 is 1.12 bits per heavy atom. The summed E-state index contributed by atoms with van der Waals surface area (Å²) in [6, 6.07) is 15.4. The van der Waals surface area contributed by atoms with E-state index in [4.69, 9.17) is 5.73 Å². The summed E-state index contributed by atoms with van der Waals surface area (Å²) in [6.45, 7) is 3.27. The van der Waals surface area contributed by atoms with Crippen LogP contribution in [-0.2, 0) is 25.7 Å². The molecule has 13 heteroatoms. The van der Waals surface area contributed by atoms with Crippen molar-refractivity contribution < 1.29 is 25.2 Å². The first kappa shape index (κ1) is 45.5. The number of allylic oxidation sites excluding steroid dienone is 1. The van der Waals surface area contributed by atoms with Crippen molar-refractivity contribution >= 4 is 46.2 Å². The van der Waals surface area contributed by atoms with Crippen LogP contribution in [-0.4, -0.2) is 79.6 Å². The first-order valence-electron chi connectivity index (χ1n) is 24.1. The number of H-pyrrole nitrogens is 1. The number of aromatic nitrogens is 2. The molecule has 3 aromatic heterocycles. The largest absolute Gasteiger partial charge is 0.507 e. The molecule has 11 rings (SSSR count). The van der Waals surface area contributed by atoms with Crippen LogP contribution in [0, 0.1) is 64.1 Å². The fraction of sp³-hybridized carbons (Fsp3) is 0.411. The van der Waals surface area contributed by atoms with Gasteiger partial charge in [0, 0.05) is 70.4 Å². The molecular weight excluding hydrogens is 901 g/mol. The SMILES string of the molecule is CC#Cc1ccc(-c2ccc(C(=O)C3CCC45C=CC6C(C7C#Cc8c(cc(O)c9c8NC(C=C9)C(C)(O)Cc8cccc(c8Cc8cnc[nH]8)C7)CC4NC(N)=NC)C(C(O)CO)CC36C5)s2)s1. The lowest BCUT2D eigenvalue weighted by atomic mass is 9.47. The van der Waals surface area contributed by atoms with Gasteiger partial charge in [0.25, 0.3) is 0 Å². The zero-order chi connectivity index (χ0) is 47.8. The predicted molar refractivity (Wildman–Crippen MR) is 273 cm³/mol. The number of thiophene rings is 2. The minimum absolute atomic E-state index is 0.103. The summed E-state index contributed by atoms with van der Waals surface area (Å²) in [4.78, 5) is 31.4. The number of phenolic OH excluding ortho intramolecular Hbond substituents is 1. The number of nitrogens with zero attached hydrogens (tertiary/aromatic N) is 2. The van der Waals surface area contributed by atoms with Gasteiger partial charge in [-0.15, -0.1) is 28.6 Å². The van der Waals surface area contributed by atoms with E-state index < -0.39 is 41.1 Å². The van der Waals surface area contributed by atoms with Crippen LogP contribution in [0.15, 0.2) is 84.3 Å². The number of nitrogens with one attached hydrogen (secondary N) is 3. The number of Topliss-reactive ketones (excluding diaryl/α,β-unsaturated/α-hetero) is 1. The van der Waals surface area contributed by atoms with Crippen LogP contribution in [0.3, 0.4) is 0 Å². The number of phenols is 1. The molecule has 9 bridgehead atoms. The Labute approximate surface area is 411 Å². The number of guanidine groups is 1. The molecule has 11 unspecified atom stereocenters. The molecule has 2 saturated carbocycles. The van der Waals surface area contributed by atoms with Crippen LogP contribution in [0.2, 0.25) is 0 Å². The van der Waals surface area contributed by atoms with Crippen molar-refractivity contribution in [3.8, 4) is 39.2 Å². The third kappa shape index (κ3) is 7.74. The second-order valence-corrected chi connectivity index (χ2v) is 22.7. The van der Waals surface area contributed by atoms with E-state index in [-0.39, 0.29) is 47.2 Å². The number of aromatic amines is 1. The molecule has 0 radical (unpaired) electrons. The summed E-state index contributed by atoms with van der Waals surface area (Å²) in [5.74, 6) is 12.7. The molecule has 9 N–H and O–H groups in total. The summed E-state index contributed by atoms with van der Waals surface area (Å²) >= 11 is 3.16. The van der Waals surface area contributed by atoms with Crippen LogP contribution < -0.4 is 16.4 Å². The van der Waals surface area contributed by atoms with E-state index in [0.29, 0.717) is 62.6 Å². The third-order valence-corrected chi connectivity index (χ3v) is 19.0. The summed E-state index contributed by atoms with van der Waals surface area (Å²) in [5, 5.41) is 55.0. The highest BCUT2D eigenvalue weighted by molar-refractivity contribution is 7.23. The number of carbonyl (C=O) groups excluding carboxylic acids is 1. The van der Waals surface area contributed by atoms with Gasteiger partial charge in [0.05, 0.1) is 51.7 Å². The maximum Gasteiger partial charge on any atom is 0.188 e. The topological polar surface area (TPSA) is 189 Å². The number of aromatic hydroxyl groups is 1. The van der Waals surface area contributed by atoms with E-state index in [1.54, 1.807) is 24.7 Å². The second-order valence-electron chi connectivity index (χ2n) is 20.5. The molecule has 11 atom stereocenters. The number of aliphatic imine (C=N–C) groups is 1. The Bertz CT molecular complexity index is 3070. The van der Waals surface area contributed by atoms with E-state index in [0.717, 1.165) is 53.0 Å². The Hall–Kier alpha value is -5.93. The molecule has 2 aromatic carbocycles. The van der Waals surface area contributed by atoms with E-state index in [9.17, 15) is 20.4 Å². The van der Waals surface area contributed by atoms with Crippen LogP contribution in [0.5, 0.6) is 5.75 Å². The van der Waals surface area contributed by atoms with Crippen molar-refractivity contribution in [2.75, 3.05) is 19.0 Å². The van der Waals surface area contributed by atoms with E-state index in [1.807, 2.05) is 50.4 Å². The number of hydrogen-bond acceptors (Lipinski definition) is 10. The number of aliphatic hydroxyl groups is 3. The van der Waals surface area contributed by atoms with Gasteiger partial charge >= 0.3 is 0 Å². The van der Waals surface area contributed by atoms with Gasteiger partial charge in [0.15, 0.2) is 11.7 Å². The van der Waals surface area contributed by atoms with E-state index in [1.165, 1.54) is 11.3 Å². The lowest BCUT2D eigenvalue weighted by Crippen LogP contribution is -2.59. The number of hydrogen-bond donors (Lipinski definition) is 8. The number of carbonyl (C=O) groups is 1. The van der Waals surface area contributed by atoms with Crippen molar-refractivity contribution in [1.82, 2.24) is 15.3 Å². The van der Waals surface area contributed by atoms with Gasteiger partial charge in [-0.25, -0.2) is 4.98 Å². The molecule has 2 spiro atoms. The molecule has 6 aliphatic rings. The first-order chi connectivity index (χ1) is 33.3. The van der Waals surface area contributed by atoms with Crippen LogP contribution in [0.1, 0.15) is 93.2 Å². The zero-order valence-corrected chi connectivity index (χ0v) is 40.7. The Balaban J connectivity index is 1.13. The lowest BCUT2D eigenvalue weighted by Gasteiger charge is -2.58. The molecule has 2 fully saturated rings. The summed E-state index contributed by atoms with van der Waals surface area (Å²) in [5.41, 5.74) is 11.1. The zero-order valence-electron chi connectivity index (χ0n) is 39.1. The molecule has 0 amide bonds. The summed E-state index contributed by atoms with van der Waals surface area (Å²) in [6.07, 6.45) is 15.3. The number of rotatable bonds is 8. The first-order valence-corrected chi connectivity index (χ1v) is 25.8.